The number of carbonyl (C=O) groups excluding carboxylic acids is 2. The van der Waals surface area contributed by atoms with Gasteiger partial charge in [0.15, 0.2) is 0 Å². The molecule has 1 heterocycles. The number of aromatic nitrogens is 2. The van der Waals surface area contributed by atoms with E-state index < -0.39 is 6.04 Å². The first-order valence-electron chi connectivity index (χ1n) is 4.99. The Morgan fingerprint density at radius 2 is 2.19 bits per heavy atom. The average molecular weight is 224 g/mol. The minimum absolute atomic E-state index is 0.0114. The van der Waals surface area contributed by atoms with E-state index >= 15 is 0 Å². The van der Waals surface area contributed by atoms with E-state index in [1.165, 1.54) is 9.58 Å². The lowest BCUT2D eigenvalue weighted by atomic mass is 10.3. The van der Waals surface area contributed by atoms with E-state index in [1.54, 1.807) is 39.5 Å². The molecule has 6 heteroatoms. The van der Waals surface area contributed by atoms with E-state index in [1.807, 2.05) is 0 Å². The van der Waals surface area contributed by atoms with E-state index in [4.69, 9.17) is 0 Å². The fourth-order valence-electron chi connectivity index (χ4n) is 1.10. The van der Waals surface area contributed by atoms with Gasteiger partial charge in [0.2, 0.25) is 11.8 Å². The molecule has 0 radical (unpaired) electrons. The van der Waals surface area contributed by atoms with E-state index in [0.29, 0.717) is 0 Å². The third kappa shape index (κ3) is 3.08. The number of rotatable bonds is 4. The number of nitrogens with one attached hydrogen (secondary N) is 1. The van der Waals surface area contributed by atoms with Crippen molar-refractivity contribution in [1.82, 2.24) is 20.0 Å². The highest BCUT2D eigenvalue weighted by Crippen LogP contribution is 2.02. The van der Waals surface area contributed by atoms with Crippen molar-refractivity contribution in [3.05, 3.63) is 18.5 Å². The molecule has 1 rings (SSSR count). The number of likely N-dealkylation sites (N-methyl/N-ethyl adjacent to an activating group) is 1. The van der Waals surface area contributed by atoms with Gasteiger partial charge in [-0.25, -0.2) is 0 Å². The maximum Gasteiger partial charge on any atom is 0.245 e. The molecular weight excluding hydrogens is 208 g/mol. The topological polar surface area (TPSA) is 67.2 Å². The molecule has 16 heavy (non-hydrogen) atoms. The zero-order valence-corrected chi connectivity index (χ0v) is 9.67. The Bertz CT molecular complexity index is 359. The molecule has 1 N–H and O–H groups in total. The summed E-state index contributed by atoms with van der Waals surface area (Å²) in [5.74, 6) is -0.361. The fourth-order valence-corrected chi connectivity index (χ4v) is 1.10. The van der Waals surface area contributed by atoms with Crippen molar-refractivity contribution in [3.8, 4) is 0 Å². The SMILES string of the molecule is C[C@@H](C(=O)NCC(=O)N(C)C)n1cccn1. The molecular formula is C10H16N4O2. The summed E-state index contributed by atoms with van der Waals surface area (Å²) < 4.78 is 1.54. The van der Waals surface area contributed by atoms with Gasteiger partial charge in [-0.15, -0.1) is 0 Å². The Hall–Kier alpha value is -1.85. The monoisotopic (exact) mass is 224 g/mol. The average Bonchev–Trinajstić information content (AvgIpc) is 2.77. The molecule has 0 saturated heterocycles. The molecule has 0 aliphatic heterocycles. The zero-order chi connectivity index (χ0) is 12.1. The van der Waals surface area contributed by atoms with Crippen LogP contribution >= 0.6 is 0 Å². The van der Waals surface area contributed by atoms with Gasteiger partial charge in [0.25, 0.3) is 0 Å². The van der Waals surface area contributed by atoms with Crippen molar-refractivity contribution < 1.29 is 9.59 Å². The summed E-state index contributed by atoms with van der Waals surface area (Å²) in [5.41, 5.74) is 0. The summed E-state index contributed by atoms with van der Waals surface area (Å²) in [7, 11) is 3.29. The highest BCUT2D eigenvalue weighted by Gasteiger charge is 2.15. The van der Waals surface area contributed by atoms with E-state index in [2.05, 4.69) is 10.4 Å². The first kappa shape index (κ1) is 12.2. The quantitative estimate of drug-likeness (QED) is 0.760. The standard InChI is InChI=1S/C10H16N4O2/c1-8(14-6-4-5-12-14)10(16)11-7-9(15)13(2)3/h4-6,8H,7H2,1-3H3,(H,11,16)/t8-/m0/s1. The predicted octanol–water partition coefficient (Wildman–Crippen LogP) is -0.351. The Morgan fingerprint density at radius 3 is 2.69 bits per heavy atom. The second-order valence-corrected chi connectivity index (χ2v) is 3.67. The van der Waals surface area contributed by atoms with Gasteiger partial charge in [0.1, 0.15) is 6.04 Å². The number of hydrogen-bond acceptors (Lipinski definition) is 3. The highest BCUT2D eigenvalue weighted by molar-refractivity contribution is 5.86. The smallest absolute Gasteiger partial charge is 0.245 e. The van der Waals surface area contributed by atoms with E-state index in [0.717, 1.165) is 0 Å². The van der Waals surface area contributed by atoms with Gasteiger partial charge in [-0.05, 0) is 13.0 Å². The summed E-state index contributed by atoms with van der Waals surface area (Å²) in [6.45, 7) is 1.74. The summed E-state index contributed by atoms with van der Waals surface area (Å²) in [4.78, 5) is 24.3. The fraction of sp³-hybridized carbons (Fsp3) is 0.500. The molecule has 1 atom stereocenters. The van der Waals surface area contributed by atoms with Crippen molar-refractivity contribution in [2.75, 3.05) is 20.6 Å². The zero-order valence-electron chi connectivity index (χ0n) is 9.67. The van der Waals surface area contributed by atoms with Crippen LogP contribution in [0.25, 0.3) is 0 Å². The second kappa shape index (κ2) is 5.29. The normalized spacial score (nSPS) is 11.9. The minimum Gasteiger partial charge on any atom is -0.347 e. The highest BCUT2D eigenvalue weighted by atomic mass is 16.2. The van der Waals surface area contributed by atoms with Crippen LogP contribution in [0.3, 0.4) is 0 Å². The number of carbonyl (C=O) groups is 2. The predicted molar refractivity (Wildman–Crippen MR) is 58.6 cm³/mol. The van der Waals surface area contributed by atoms with Crippen molar-refractivity contribution in [2.45, 2.75) is 13.0 Å². The van der Waals surface area contributed by atoms with E-state index in [9.17, 15) is 9.59 Å². The molecule has 0 aliphatic carbocycles. The number of amides is 2. The van der Waals surface area contributed by atoms with Crippen molar-refractivity contribution in [1.29, 1.82) is 0 Å². The summed E-state index contributed by atoms with van der Waals surface area (Å²) in [6, 6.07) is 1.33. The molecule has 1 aromatic heterocycles. The number of hydrogen-bond donors (Lipinski definition) is 1. The largest absolute Gasteiger partial charge is 0.347 e. The molecule has 0 fully saturated rings. The van der Waals surface area contributed by atoms with Gasteiger partial charge in [-0.1, -0.05) is 0 Å². The lowest BCUT2D eigenvalue weighted by Gasteiger charge is -2.14. The van der Waals surface area contributed by atoms with Crippen LogP contribution in [0, 0.1) is 0 Å². The maximum atomic E-state index is 11.6. The Morgan fingerprint density at radius 1 is 1.50 bits per heavy atom. The molecule has 0 saturated carbocycles. The molecule has 0 bridgehead atoms. The molecule has 0 aromatic carbocycles. The van der Waals surface area contributed by atoms with Gasteiger partial charge in [0.05, 0.1) is 6.54 Å². The first-order chi connectivity index (χ1) is 7.52. The minimum atomic E-state index is -0.412. The first-order valence-corrected chi connectivity index (χ1v) is 4.99. The Labute approximate surface area is 94.2 Å². The van der Waals surface area contributed by atoms with Crippen molar-refractivity contribution in [2.24, 2.45) is 0 Å². The second-order valence-electron chi connectivity index (χ2n) is 3.67. The Kier molecular flexibility index (Phi) is 4.04. The molecule has 88 valence electrons. The maximum absolute atomic E-state index is 11.6. The third-order valence-electron chi connectivity index (χ3n) is 2.21. The molecule has 6 nitrogen and oxygen atoms in total. The molecule has 0 unspecified atom stereocenters. The van der Waals surface area contributed by atoms with Crippen LogP contribution in [0.4, 0.5) is 0 Å². The van der Waals surface area contributed by atoms with E-state index in [-0.39, 0.29) is 18.4 Å². The van der Waals surface area contributed by atoms with Crippen LogP contribution in [-0.2, 0) is 9.59 Å². The van der Waals surface area contributed by atoms with Gasteiger partial charge >= 0.3 is 0 Å². The van der Waals surface area contributed by atoms with Gasteiger partial charge in [-0.3, -0.25) is 14.3 Å². The lowest BCUT2D eigenvalue weighted by Crippen LogP contribution is -2.39. The molecule has 0 aliphatic rings. The van der Waals surface area contributed by atoms with Crippen molar-refractivity contribution in [3.63, 3.8) is 0 Å². The third-order valence-corrected chi connectivity index (χ3v) is 2.21. The van der Waals surface area contributed by atoms with Gasteiger partial charge < -0.3 is 10.2 Å². The Balaban J connectivity index is 2.44. The summed E-state index contributed by atoms with van der Waals surface area (Å²) >= 11 is 0. The summed E-state index contributed by atoms with van der Waals surface area (Å²) in [6.07, 6.45) is 3.31. The summed E-state index contributed by atoms with van der Waals surface area (Å²) in [5, 5.41) is 6.52. The molecule has 0 spiro atoms. The lowest BCUT2D eigenvalue weighted by molar-refractivity contribution is -0.131. The van der Waals surface area contributed by atoms with Gasteiger partial charge in [0, 0.05) is 26.5 Å². The van der Waals surface area contributed by atoms with Crippen molar-refractivity contribution >= 4 is 11.8 Å². The van der Waals surface area contributed by atoms with Crippen LogP contribution in [0.5, 0.6) is 0 Å². The van der Waals surface area contributed by atoms with Crippen LogP contribution in [-0.4, -0.2) is 47.1 Å². The van der Waals surface area contributed by atoms with Crippen LogP contribution in [0.15, 0.2) is 18.5 Å². The molecule has 2 amide bonds. The van der Waals surface area contributed by atoms with Crippen LogP contribution in [0.1, 0.15) is 13.0 Å². The van der Waals surface area contributed by atoms with Gasteiger partial charge in [-0.2, -0.15) is 5.10 Å². The van der Waals surface area contributed by atoms with Crippen LogP contribution < -0.4 is 5.32 Å². The van der Waals surface area contributed by atoms with Crippen LogP contribution in [0.2, 0.25) is 0 Å². The number of nitrogens with zero attached hydrogens (tertiary/aromatic N) is 3. The molecule has 1 aromatic rings.